The summed E-state index contributed by atoms with van der Waals surface area (Å²) in [5.74, 6) is -0.241. The molecule has 0 fully saturated rings. The van der Waals surface area contributed by atoms with Crippen LogP contribution in [0.1, 0.15) is 5.56 Å². The SMILES string of the molecule is NCc1ccc(F)cc1-c1ccc(-c2ccccc2)cc1. The highest BCUT2D eigenvalue weighted by atomic mass is 19.1. The maximum absolute atomic E-state index is 13.5. The van der Waals surface area contributed by atoms with E-state index in [4.69, 9.17) is 5.73 Å². The minimum absolute atomic E-state index is 0.241. The van der Waals surface area contributed by atoms with Crippen molar-refractivity contribution in [3.05, 3.63) is 84.2 Å². The fourth-order valence-electron chi connectivity index (χ4n) is 2.47. The molecule has 0 aliphatic heterocycles. The van der Waals surface area contributed by atoms with Gasteiger partial charge in [0.1, 0.15) is 5.82 Å². The van der Waals surface area contributed by atoms with Crippen LogP contribution < -0.4 is 5.73 Å². The first-order valence-electron chi connectivity index (χ1n) is 6.92. The highest BCUT2D eigenvalue weighted by Crippen LogP contribution is 2.27. The van der Waals surface area contributed by atoms with Gasteiger partial charge in [0.25, 0.3) is 0 Å². The van der Waals surface area contributed by atoms with E-state index in [-0.39, 0.29) is 5.82 Å². The molecule has 0 aliphatic rings. The Morgan fingerprint density at radius 2 is 1.33 bits per heavy atom. The van der Waals surface area contributed by atoms with Gasteiger partial charge in [0.15, 0.2) is 0 Å². The van der Waals surface area contributed by atoms with Gasteiger partial charge in [-0.15, -0.1) is 0 Å². The van der Waals surface area contributed by atoms with E-state index in [9.17, 15) is 4.39 Å². The van der Waals surface area contributed by atoms with Crippen molar-refractivity contribution in [1.29, 1.82) is 0 Å². The van der Waals surface area contributed by atoms with Gasteiger partial charge in [-0.1, -0.05) is 60.7 Å². The van der Waals surface area contributed by atoms with Gasteiger partial charge in [-0.2, -0.15) is 0 Å². The van der Waals surface area contributed by atoms with E-state index in [2.05, 4.69) is 24.3 Å². The molecule has 0 bridgehead atoms. The number of rotatable bonds is 3. The monoisotopic (exact) mass is 277 g/mol. The highest BCUT2D eigenvalue weighted by molar-refractivity contribution is 5.72. The van der Waals surface area contributed by atoms with Gasteiger partial charge in [0.2, 0.25) is 0 Å². The number of nitrogens with two attached hydrogens (primary N) is 1. The second-order valence-corrected chi connectivity index (χ2v) is 4.95. The lowest BCUT2D eigenvalue weighted by Gasteiger charge is -2.09. The minimum Gasteiger partial charge on any atom is -0.326 e. The molecule has 3 aromatic rings. The molecule has 104 valence electrons. The Balaban J connectivity index is 2.00. The van der Waals surface area contributed by atoms with Gasteiger partial charge in [-0.3, -0.25) is 0 Å². The summed E-state index contributed by atoms with van der Waals surface area (Å²) in [7, 11) is 0. The first kappa shape index (κ1) is 13.5. The predicted octanol–water partition coefficient (Wildman–Crippen LogP) is 4.62. The topological polar surface area (TPSA) is 26.0 Å². The number of hydrogen-bond acceptors (Lipinski definition) is 1. The average molecular weight is 277 g/mol. The molecule has 0 heterocycles. The fraction of sp³-hybridized carbons (Fsp3) is 0.0526. The smallest absolute Gasteiger partial charge is 0.123 e. The molecular formula is C19H16FN. The summed E-state index contributed by atoms with van der Waals surface area (Å²) in [5, 5.41) is 0. The van der Waals surface area contributed by atoms with Crippen LogP contribution in [0, 0.1) is 5.82 Å². The van der Waals surface area contributed by atoms with Crippen LogP contribution in [0.2, 0.25) is 0 Å². The Morgan fingerprint density at radius 1 is 0.714 bits per heavy atom. The zero-order valence-electron chi connectivity index (χ0n) is 11.6. The minimum atomic E-state index is -0.241. The van der Waals surface area contributed by atoms with Crippen molar-refractivity contribution in [3.63, 3.8) is 0 Å². The average Bonchev–Trinajstić information content (AvgIpc) is 2.56. The lowest BCUT2D eigenvalue weighted by Crippen LogP contribution is -1.99. The molecule has 0 spiro atoms. The summed E-state index contributed by atoms with van der Waals surface area (Å²) in [4.78, 5) is 0. The van der Waals surface area contributed by atoms with Crippen LogP contribution in [0.25, 0.3) is 22.3 Å². The molecule has 2 N–H and O–H groups in total. The summed E-state index contributed by atoms with van der Waals surface area (Å²) in [6.45, 7) is 0.399. The molecule has 0 amide bonds. The quantitative estimate of drug-likeness (QED) is 0.742. The third kappa shape index (κ3) is 2.86. The van der Waals surface area contributed by atoms with Gasteiger partial charge in [-0.25, -0.2) is 4.39 Å². The van der Waals surface area contributed by atoms with Crippen molar-refractivity contribution in [2.24, 2.45) is 5.73 Å². The van der Waals surface area contributed by atoms with Crippen LogP contribution in [-0.2, 0) is 6.54 Å². The van der Waals surface area contributed by atoms with E-state index in [1.54, 1.807) is 12.1 Å². The summed E-state index contributed by atoms with van der Waals surface area (Å²) in [5.41, 5.74) is 10.8. The second kappa shape index (κ2) is 5.90. The number of benzene rings is 3. The van der Waals surface area contributed by atoms with Gasteiger partial charge in [-0.05, 0) is 39.9 Å². The van der Waals surface area contributed by atoms with Gasteiger partial charge in [0.05, 0.1) is 0 Å². The maximum atomic E-state index is 13.5. The molecule has 21 heavy (non-hydrogen) atoms. The Hall–Kier alpha value is -2.45. The number of hydrogen-bond donors (Lipinski definition) is 1. The van der Waals surface area contributed by atoms with Crippen molar-refractivity contribution < 1.29 is 4.39 Å². The van der Waals surface area contributed by atoms with Crippen LogP contribution >= 0.6 is 0 Å². The molecular weight excluding hydrogens is 261 g/mol. The molecule has 2 heteroatoms. The van der Waals surface area contributed by atoms with Crippen molar-refractivity contribution in [1.82, 2.24) is 0 Å². The number of halogens is 1. The Kier molecular flexibility index (Phi) is 3.80. The van der Waals surface area contributed by atoms with Crippen LogP contribution in [-0.4, -0.2) is 0 Å². The molecule has 3 rings (SSSR count). The summed E-state index contributed by atoms with van der Waals surface area (Å²) in [6, 6.07) is 23.0. The van der Waals surface area contributed by atoms with Gasteiger partial charge in [0, 0.05) is 6.54 Å². The summed E-state index contributed by atoms with van der Waals surface area (Å²) < 4.78 is 13.5. The lowest BCUT2D eigenvalue weighted by molar-refractivity contribution is 0.627. The van der Waals surface area contributed by atoms with Crippen molar-refractivity contribution in [3.8, 4) is 22.3 Å². The Labute approximate surface area is 123 Å². The van der Waals surface area contributed by atoms with E-state index in [1.165, 1.54) is 11.6 Å². The third-order valence-electron chi connectivity index (χ3n) is 3.59. The van der Waals surface area contributed by atoms with E-state index in [1.807, 2.05) is 30.3 Å². The molecule has 3 aromatic carbocycles. The Bertz CT molecular complexity index is 733. The van der Waals surface area contributed by atoms with Crippen molar-refractivity contribution >= 4 is 0 Å². The first-order valence-corrected chi connectivity index (χ1v) is 6.92. The van der Waals surface area contributed by atoms with Gasteiger partial charge < -0.3 is 5.73 Å². The second-order valence-electron chi connectivity index (χ2n) is 4.95. The lowest BCUT2D eigenvalue weighted by atomic mass is 9.97. The van der Waals surface area contributed by atoms with E-state index in [0.717, 1.165) is 22.3 Å². The van der Waals surface area contributed by atoms with Crippen LogP contribution in [0.15, 0.2) is 72.8 Å². The standard InChI is InChI=1S/C19H16FN/c20-18-11-10-17(13-21)19(12-18)16-8-6-15(7-9-16)14-4-2-1-3-5-14/h1-12H,13,21H2. The largest absolute Gasteiger partial charge is 0.326 e. The van der Waals surface area contributed by atoms with E-state index >= 15 is 0 Å². The Morgan fingerprint density at radius 3 is 2.00 bits per heavy atom. The molecule has 0 saturated carbocycles. The molecule has 0 radical (unpaired) electrons. The molecule has 0 aromatic heterocycles. The molecule has 0 unspecified atom stereocenters. The zero-order chi connectivity index (χ0) is 14.7. The third-order valence-corrected chi connectivity index (χ3v) is 3.59. The molecule has 0 saturated heterocycles. The van der Waals surface area contributed by atoms with Crippen molar-refractivity contribution in [2.75, 3.05) is 0 Å². The van der Waals surface area contributed by atoms with E-state index in [0.29, 0.717) is 6.54 Å². The zero-order valence-corrected chi connectivity index (χ0v) is 11.6. The predicted molar refractivity (Wildman–Crippen MR) is 85.2 cm³/mol. The summed E-state index contributed by atoms with van der Waals surface area (Å²) >= 11 is 0. The molecule has 0 atom stereocenters. The molecule has 0 aliphatic carbocycles. The van der Waals surface area contributed by atoms with E-state index < -0.39 is 0 Å². The first-order chi connectivity index (χ1) is 10.3. The van der Waals surface area contributed by atoms with Crippen LogP contribution in [0.5, 0.6) is 0 Å². The fourth-order valence-corrected chi connectivity index (χ4v) is 2.47. The maximum Gasteiger partial charge on any atom is 0.123 e. The van der Waals surface area contributed by atoms with Crippen LogP contribution in [0.4, 0.5) is 4.39 Å². The van der Waals surface area contributed by atoms with Crippen LogP contribution in [0.3, 0.4) is 0 Å². The van der Waals surface area contributed by atoms with Crippen molar-refractivity contribution in [2.45, 2.75) is 6.54 Å². The molecule has 1 nitrogen and oxygen atoms in total. The van der Waals surface area contributed by atoms with Gasteiger partial charge >= 0.3 is 0 Å². The highest BCUT2D eigenvalue weighted by Gasteiger charge is 2.06. The summed E-state index contributed by atoms with van der Waals surface area (Å²) in [6.07, 6.45) is 0. The normalized spacial score (nSPS) is 10.6.